The molecule has 3 fully saturated rings. The summed E-state index contributed by atoms with van der Waals surface area (Å²) in [7, 11) is 0. The van der Waals surface area contributed by atoms with Crippen LogP contribution in [-0.2, 0) is 11.0 Å². The summed E-state index contributed by atoms with van der Waals surface area (Å²) in [6.07, 6.45) is -2.06. The second-order valence-electron chi connectivity index (χ2n) is 9.28. The summed E-state index contributed by atoms with van der Waals surface area (Å²) < 4.78 is 54.7. The zero-order valence-electron chi connectivity index (χ0n) is 17.4. The first-order valence-corrected chi connectivity index (χ1v) is 11.9. The van der Waals surface area contributed by atoms with Crippen molar-refractivity contribution in [1.82, 2.24) is 4.90 Å². The molecule has 0 aromatic heterocycles. The van der Waals surface area contributed by atoms with Gasteiger partial charge in [-0.3, -0.25) is 9.59 Å². The number of rotatable bonds is 5. The lowest BCUT2D eigenvalue weighted by atomic mass is 9.82. The van der Waals surface area contributed by atoms with E-state index >= 15 is 0 Å². The molecule has 2 N–H and O–H groups in total. The topological polar surface area (TPSA) is 63.4 Å². The summed E-state index contributed by atoms with van der Waals surface area (Å²) in [6.45, 7) is 0. The molecule has 0 bridgehead atoms. The van der Waals surface area contributed by atoms with Crippen molar-refractivity contribution in [2.75, 3.05) is 0 Å². The second kappa shape index (κ2) is 7.68. The number of carbonyl (C=O) groups is 2. The standard InChI is InChI=1S/C24H21F4IN2O2/c25-18-9-13(6-7-17(18)24(26,27)28)20(12-4-5-12)23-11-15(23)10-19(21(30)32)31(23)22(33)14-2-1-3-16(29)8-14/h1-3,6-9,12,15,19-20H,4-5,10-11H2,(H2,30,32)/t15?,19?,20-,23?/m1/s1. The van der Waals surface area contributed by atoms with Crippen LogP contribution in [0.2, 0.25) is 0 Å². The zero-order chi connectivity index (χ0) is 23.7. The number of benzene rings is 2. The number of amides is 2. The van der Waals surface area contributed by atoms with Gasteiger partial charge in [0.2, 0.25) is 5.91 Å². The number of halogens is 5. The number of alkyl halides is 3. The fourth-order valence-electron chi connectivity index (χ4n) is 5.80. The Balaban J connectivity index is 1.59. The molecule has 0 radical (unpaired) electrons. The molecule has 3 aliphatic rings. The fraction of sp³-hybridized carbons (Fsp3) is 0.417. The third-order valence-corrected chi connectivity index (χ3v) is 7.97. The Morgan fingerprint density at radius 2 is 1.88 bits per heavy atom. The summed E-state index contributed by atoms with van der Waals surface area (Å²) in [6, 6.07) is 9.28. The minimum atomic E-state index is -4.78. The number of piperidine rings is 1. The Labute approximate surface area is 201 Å². The van der Waals surface area contributed by atoms with Gasteiger partial charge in [0.25, 0.3) is 5.91 Å². The van der Waals surface area contributed by atoms with Crippen molar-refractivity contribution in [3.05, 3.63) is 68.5 Å². The van der Waals surface area contributed by atoms with Gasteiger partial charge in [-0.2, -0.15) is 13.2 Å². The lowest BCUT2D eigenvalue weighted by molar-refractivity contribution is -0.140. The average molecular weight is 572 g/mol. The largest absolute Gasteiger partial charge is 0.419 e. The van der Waals surface area contributed by atoms with Gasteiger partial charge in [0.15, 0.2) is 0 Å². The number of nitrogens with two attached hydrogens (primary N) is 1. The molecule has 2 saturated carbocycles. The Kier molecular flexibility index (Phi) is 5.26. The van der Waals surface area contributed by atoms with Crippen LogP contribution in [0, 0.1) is 21.2 Å². The fourth-order valence-corrected chi connectivity index (χ4v) is 6.34. The Hall–Kier alpha value is -2.17. The second-order valence-corrected chi connectivity index (χ2v) is 10.5. The summed E-state index contributed by atoms with van der Waals surface area (Å²) in [4.78, 5) is 27.6. The minimum absolute atomic E-state index is 0.00214. The first-order chi connectivity index (χ1) is 15.5. The number of primary amides is 1. The monoisotopic (exact) mass is 572 g/mol. The van der Waals surface area contributed by atoms with Gasteiger partial charge in [-0.15, -0.1) is 0 Å². The van der Waals surface area contributed by atoms with Crippen LogP contribution in [0.15, 0.2) is 42.5 Å². The summed E-state index contributed by atoms with van der Waals surface area (Å²) in [5.41, 5.74) is 4.49. The van der Waals surface area contributed by atoms with Gasteiger partial charge in [-0.1, -0.05) is 12.1 Å². The van der Waals surface area contributed by atoms with Gasteiger partial charge in [0.05, 0.1) is 11.1 Å². The lowest BCUT2D eigenvalue weighted by Gasteiger charge is -2.39. The first kappa shape index (κ1) is 22.6. The van der Waals surface area contributed by atoms with Crippen LogP contribution in [0.4, 0.5) is 17.6 Å². The molecule has 174 valence electrons. The van der Waals surface area contributed by atoms with E-state index in [9.17, 15) is 27.2 Å². The van der Waals surface area contributed by atoms with Crippen LogP contribution in [0.1, 0.15) is 53.1 Å². The van der Waals surface area contributed by atoms with Crippen molar-refractivity contribution in [3.8, 4) is 0 Å². The van der Waals surface area contributed by atoms with Crippen molar-refractivity contribution in [1.29, 1.82) is 0 Å². The molecular formula is C24H21F4IN2O2. The molecule has 9 heteroatoms. The SMILES string of the molecule is NC(=O)C1CC2CC2([C@@H](c2ccc(C(F)(F)F)c(F)c2)C2CC2)N1C(=O)c1cccc(I)c1. The average Bonchev–Trinajstić information content (AvgIpc) is 3.65. The van der Waals surface area contributed by atoms with Crippen LogP contribution in [0.5, 0.6) is 0 Å². The van der Waals surface area contributed by atoms with E-state index in [1.165, 1.54) is 6.07 Å². The van der Waals surface area contributed by atoms with Crippen molar-refractivity contribution >= 4 is 34.4 Å². The highest BCUT2D eigenvalue weighted by Gasteiger charge is 2.72. The molecule has 2 aliphatic carbocycles. The number of fused-ring (bicyclic) bond motifs is 1. The zero-order valence-corrected chi connectivity index (χ0v) is 19.6. The van der Waals surface area contributed by atoms with Crippen molar-refractivity contribution in [2.45, 2.75) is 49.4 Å². The van der Waals surface area contributed by atoms with E-state index in [2.05, 4.69) is 22.6 Å². The molecule has 2 amide bonds. The summed E-state index contributed by atoms with van der Waals surface area (Å²) in [5.74, 6) is -2.49. The Morgan fingerprint density at radius 1 is 1.15 bits per heavy atom. The third kappa shape index (κ3) is 3.72. The van der Waals surface area contributed by atoms with Gasteiger partial charge in [0.1, 0.15) is 11.9 Å². The van der Waals surface area contributed by atoms with Gasteiger partial charge in [-0.05, 0) is 96.0 Å². The van der Waals surface area contributed by atoms with Crippen molar-refractivity contribution in [3.63, 3.8) is 0 Å². The maximum atomic E-state index is 14.5. The van der Waals surface area contributed by atoms with E-state index in [1.54, 1.807) is 23.1 Å². The van der Waals surface area contributed by atoms with Crippen LogP contribution in [0.25, 0.3) is 0 Å². The predicted molar refractivity (Wildman–Crippen MR) is 121 cm³/mol. The quantitative estimate of drug-likeness (QED) is 0.401. The van der Waals surface area contributed by atoms with E-state index in [0.29, 0.717) is 24.0 Å². The highest BCUT2D eigenvalue weighted by atomic mass is 127. The van der Waals surface area contributed by atoms with Crippen LogP contribution >= 0.6 is 22.6 Å². The minimum Gasteiger partial charge on any atom is -0.368 e. The normalized spacial score (nSPS) is 27.2. The van der Waals surface area contributed by atoms with Crippen molar-refractivity contribution < 1.29 is 27.2 Å². The van der Waals surface area contributed by atoms with Gasteiger partial charge < -0.3 is 10.6 Å². The lowest BCUT2D eigenvalue weighted by Crippen LogP contribution is -2.53. The molecule has 4 nitrogen and oxygen atoms in total. The van der Waals surface area contributed by atoms with E-state index < -0.39 is 35.0 Å². The highest BCUT2D eigenvalue weighted by Crippen LogP contribution is 2.69. The van der Waals surface area contributed by atoms with Gasteiger partial charge in [0, 0.05) is 15.1 Å². The van der Waals surface area contributed by atoms with E-state index in [1.807, 2.05) is 6.07 Å². The number of hydrogen-bond donors (Lipinski definition) is 1. The van der Waals surface area contributed by atoms with Crippen molar-refractivity contribution in [2.24, 2.45) is 17.6 Å². The summed E-state index contributed by atoms with van der Waals surface area (Å²) in [5, 5.41) is 0. The molecule has 5 rings (SSSR count). The van der Waals surface area contributed by atoms with Crippen LogP contribution in [0.3, 0.4) is 0 Å². The molecule has 1 aliphatic heterocycles. The maximum absolute atomic E-state index is 14.5. The smallest absolute Gasteiger partial charge is 0.368 e. The molecule has 0 spiro atoms. The number of carbonyl (C=O) groups excluding carboxylic acids is 2. The number of nitrogens with zero attached hydrogens (tertiary/aromatic N) is 1. The van der Waals surface area contributed by atoms with Gasteiger partial charge in [-0.25, -0.2) is 4.39 Å². The molecule has 33 heavy (non-hydrogen) atoms. The number of likely N-dealkylation sites (tertiary alicyclic amines) is 1. The Bertz CT molecular complexity index is 1150. The molecule has 1 saturated heterocycles. The van der Waals surface area contributed by atoms with Crippen LogP contribution < -0.4 is 5.73 Å². The van der Waals surface area contributed by atoms with Gasteiger partial charge >= 0.3 is 6.18 Å². The third-order valence-electron chi connectivity index (χ3n) is 7.30. The van der Waals surface area contributed by atoms with Crippen LogP contribution in [-0.4, -0.2) is 28.3 Å². The van der Waals surface area contributed by atoms with E-state index in [-0.39, 0.29) is 23.7 Å². The van der Waals surface area contributed by atoms with E-state index in [0.717, 1.165) is 28.5 Å². The number of hydrogen-bond acceptors (Lipinski definition) is 2. The predicted octanol–water partition coefficient (Wildman–Crippen LogP) is 5.10. The molecule has 1 heterocycles. The maximum Gasteiger partial charge on any atom is 0.419 e. The molecule has 3 unspecified atom stereocenters. The Morgan fingerprint density at radius 3 is 2.45 bits per heavy atom. The highest BCUT2D eigenvalue weighted by molar-refractivity contribution is 14.1. The molecule has 2 aromatic rings. The first-order valence-electron chi connectivity index (χ1n) is 10.8. The van der Waals surface area contributed by atoms with E-state index in [4.69, 9.17) is 5.73 Å². The summed E-state index contributed by atoms with van der Waals surface area (Å²) >= 11 is 2.10. The molecule has 4 atom stereocenters. The molecular weight excluding hydrogens is 551 g/mol. The molecule has 2 aromatic carbocycles.